The molecule has 0 saturated heterocycles. The second-order valence-corrected chi connectivity index (χ2v) is 10.1. The minimum absolute atomic E-state index is 0.310. The minimum Gasteiger partial charge on any atom is -0.422 e. The number of rotatable bonds is 2. The highest BCUT2D eigenvalue weighted by Crippen LogP contribution is 2.38. The van der Waals surface area contributed by atoms with Gasteiger partial charge in [-0.3, -0.25) is 0 Å². The lowest BCUT2D eigenvalue weighted by molar-refractivity contribution is 0.569. The van der Waals surface area contributed by atoms with Crippen LogP contribution in [-0.4, -0.2) is 0 Å². The Morgan fingerprint density at radius 2 is 0.769 bits per heavy atom. The van der Waals surface area contributed by atoms with Gasteiger partial charge in [0, 0.05) is 5.39 Å². The molecular weight excluding hydrogens is 476 g/mol. The number of para-hydroxylation sites is 1. The first-order valence-electron chi connectivity index (χ1n) is 13.1. The highest BCUT2D eigenvalue weighted by molar-refractivity contribution is 6.25. The van der Waals surface area contributed by atoms with Crippen LogP contribution in [-0.2, 0) is 0 Å². The van der Waals surface area contributed by atoms with Gasteiger partial charge >= 0.3 is 5.63 Å². The van der Waals surface area contributed by atoms with E-state index in [0.717, 1.165) is 33.0 Å². The normalized spacial score (nSPS) is 11.7. The highest BCUT2D eigenvalue weighted by atomic mass is 16.4. The van der Waals surface area contributed by atoms with Crippen molar-refractivity contribution >= 4 is 54.1 Å². The SMILES string of the molecule is O=c1oc2ccccc2c2ccc(-c3cccc(-c4ccc5c6ccccc6c6ccccc6c5c4)c3)cc12. The molecule has 0 aliphatic carbocycles. The molecule has 7 aromatic carbocycles. The van der Waals surface area contributed by atoms with Gasteiger partial charge in [-0.2, -0.15) is 0 Å². The van der Waals surface area contributed by atoms with E-state index in [-0.39, 0.29) is 5.63 Å². The third kappa shape index (κ3) is 3.39. The lowest BCUT2D eigenvalue weighted by atomic mass is 9.91. The first-order valence-corrected chi connectivity index (χ1v) is 13.1. The lowest BCUT2D eigenvalue weighted by Gasteiger charge is -2.12. The van der Waals surface area contributed by atoms with Crippen LogP contribution in [0.4, 0.5) is 0 Å². The average Bonchev–Trinajstić information content (AvgIpc) is 3.01. The smallest absolute Gasteiger partial charge is 0.344 e. The largest absolute Gasteiger partial charge is 0.422 e. The maximum absolute atomic E-state index is 12.8. The summed E-state index contributed by atoms with van der Waals surface area (Å²) in [5, 5.41) is 10.1. The highest BCUT2D eigenvalue weighted by Gasteiger charge is 2.12. The van der Waals surface area contributed by atoms with Crippen molar-refractivity contribution in [3.8, 4) is 22.3 Å². The van der Waals surface area contributed by atoms with Gasteiger partial charge in [0.1, 0.15) is 5.58 Å². The molecule has 0 saturated carbocycles. The Kier molecular flexibility index (Phi) is 4.71. The molecule has 0 radical (unpaired) electrons. The fourth-order valence-corrected chi connectivity index (χ4v) is 6.03. The molecule has 0 aliphatic rings. The molecule has 0 aliphatic heterocycles. The second kappa shape index (κ2) is 8.41. The zero-order valence-electron chi connectivity index (χ0n) is 21.0. The quantitative estimate of drug-likeness (QED) is 0.175. The maximum Gasteiger partial charge on any atom is 0.344 e. The van der Waals surface area contributed by atoms with Crippen LogP contribution in [0.3, 0.4) is 0 Å². The average molecular weight is 499 g/mol. The number of hydrogen-bond acceptors (Lipinski definition) is 2. The monoisotopic (exact) mass is 498 g/mol. The Labute approximate surface area is 224 Å². The zero-order chi connectivity index (χ0) is 25.9. The van der Waals surface area contributed by atoms with Gasteiger partial charge in [0.05, 0.1) is 5.39 Å². The molecule has 0 amide bonds. The minimum atomic E-state index is -0.310. The van der Waals surface area contributed by atoms with Gasteiger partial charge in [-0.1, -0.05) is 109 Å². The van der Waals surface area contributed by atoms with E-state index in [0.29, 0.717) is 11.0 Å². The summed E-state index contributed by atoms with van der Waals surface area (Å²) >= 11 is 0. The summed E-state index contributed by atoms with van der Waals surface area (Å²) in [6.07, 6.45) is 0. The zero-order valence-corrected chi connectivity index (χ0v) is 21.0. The molecule has 0 unspecified atom stereocenters. The molecule has 0 atom stereocenters. The Morgan fingerprint density at radius 3 is 1.38 bits per heavy atom. The molecule has 0 fully saturated rings. The summed E-state index contributed by atoms with van der Waals surface area (Å²) in [4.78, 5) is 12.8. The van der Waals surface area contributed by atoms with Crippen LogP contribution in [0, 0.1) is 0 Å². The van der Waals surface area contributed by atoms with Crippen LogP contribution >= 0.6 is 0 Å². The van der Waals surface area contributed by atoms with E-state index < -0.39 is 0 Å². The van der Waals surface area contributed by atoms with Gasteiger partial charge in [-0.25, -0.2) is 4.79 Å². The van der Waals surface area contributed by atoms with Crippen molar-refractivity contribution in [2.75, 3.05) is 0 Å². The van der Waals surface area contributed by atoms with Gasteiger partial charge < -0.3 is 4.42 Å². The third-order valence-corrected chi connectivity index (χ3v) is 7.89. The summed E-state index contributed by atoms with van der Waals surface area (Å²) in [6, 6.07) is 46.4. The van der Waals surface area contributed by atoms with Gasteiger partial charge in [0.2, 0.25) is 0 Å². The van der Waals surface area contributed by atoms with Crippen LogP contribution in [0.1, 0.15) is 0 Å². The maximum atomic E-state index is 12.8. The summed E-state index contributed by atoms with van der Waals surface area (Å²) < 4.78 is 5.61. The molecule has 0 N–H and O–H groups in total. The van der Waals surface area contributed by atoms with Crippen molar-refractivity contribution in [2.45, 2.75) is 0 Å². The van der Waals surface area contributed by atoms with Gasteiger partial charge in [0.15, 0.2) is 0 Å². The van der Waals surface area contributed by atoms with E-state index in [1.54, 1.807) is 0 Å². The Bertz CT molecular complexity index is 2270. The van der Waals surface area contributed by atoms with Crippen LogP contribution < -0.4 is 5.63 Å². The Hall–Kier alpha value is -5.21. The van der Waals surface area contributed by atoms with Crippen LogP contribution in [0.25, 0.3) is 76.3 Å². The summed E-state index contributed by atoms with van der Waals surface area (Å²) in [7, 11) is 0. The fourth-order valence-electron chi connectivity index (χ4n) is 6.03. The van der Waals surface area contributed by atoms with Gasteiger partial charge in [0.25, 0.3) is 0 Å². The molecule has 1 aromatic heterocycles. The van der Waals surface area contributed by atoms with E-state index in [1.807, 2.05) is 36.4 Å². The van der Waals surface area contributed by atoms with Crippen LogP contribution in [0.2, 0.25) is 0 Å². The summed E-state index contributed by atoms with van der Waals surface area (Å²) in [5.74, 6) is 0. The van der Waals surface area contributed by atoms with Crippen LogP contribution in [0.5, 0.6) is 0 Å². The molecular formula is C37H22O2. The van der Waals surface area contributed by atoms with Crippen LogP contribution in [0.15, 0.2) is 143 Å². The second-order valence-electron chi connectivity index (χ2n) is 10.1. The van der Waals surface area contributed by atoms with Crippen molar-refractivity contribution in [3.05, 3.63) is 144 Å². The van der Waals surface area contributed by atoms with E-state index in [4.69, 9.17) is 4.42 Å². The number of hydrogen-bond donors (Lipinski definition) is 0. The number of benzene rings is 7. The third-order valence-electron chi connectivity index (χ3n) is 7.89. The summed E-state index contributed by atoms with van der Waals surface area (Å²) in [6.45, 7) is 0. The van der Waals surface area contributed by atoms with Crippen molar-refractivity contribution in [3.63, 3.8) is 0 Å². The van der Waals surface area contributed by atoms with E-state index in [2.05, 4.69) is 97.1 Å². The fraction of sp³-hybridized carbons (Fsp3) is 0. The first kappa shape index (κ1) is 21.8. The topological polar surface area (TPSA) is 30.2 Å². The van der Waals surface area contributed by atoms with Crippen molar-refractivity contribution in [1.82, 2.24) is 0 Å². The number of fused-ring (bicyclic) bond motifs is 9. The molecule has 39 heavy (non-hydrogen) atoms. The van der Waals surface area contributed by atoms with Gasteiger partial charge in [-0.05, 0) is 84.2 Å². The molecule has 182 valence electrons. The molecule has 2 heteroatoms. The Balaban J connectivity index is 1.30. The predicted octanol–water partition coefficient (Wildman–Crippen LogP) is 9.74. The standard InChI is InChI=1S/C37H22O2/c38-37-35-22-26(17-19-32(35)33-14-5-6-15-36(33)39-37)24-9-7-8-23(20-24)25-16-18-31-29-12-2-1-10-27(29)28-11-3-4-13-30(28)34(31)21-25/h1-22H. The molecule has 8 rings (SSSR count). The van der Waals surface area contributed by atoms with E-state index in [9.17, 15) is 4.79 Å². The Morgan fingerprint density at radius 1 is 0.333 bits per heavy atom. The molecule has 8 aromatic rings. The van der Waals surface area contributed by atoms with Gasteiger partial charge in [-0.15, -0.1) is 0 Å². The van der Waals surface area contributed by atoms with E-state index >= 15 is 0 Å². The lowest BCUT2D eigenvalue weighted by Crippen LogP contribution is -2.00. The summed E-state index contributed by atoms with van der Waals surface area (Å²) in [5.41, 5.74) is 4.65. The van der Waals surface area contributed by atoms with Crippen molar-refractivity contribution in [1.29, 1.82) is 0 Å². The van der Waals surface area contributed by atoms with Crippen molar-refractivity contribution < 1.29 is 4.42 Å². The van der Waals surface area contributed by atoms with Crippen molar-refractivity contribution in [2.24, 2.45) is 0 Å². The molecule has 0 bridgehead atoms. The molecule has 2 nitrogen and oxygen atoms in total. The first-order chi connectivity index (χ1) is 19.2. The predicted molar refractivity (Wildman–Crippen MR) is 163 cm³/mol. The molecule has 0 spiro atoms. The van der Waals surface area contributed by atoms with E-state index in [1.165, 1.54) is 32.3 Å². The molecule has 1 heterocycles.